The summed E-state index contributed by atoms with van der Waals surface area (Å²) in [4.78, 5) is 0.286. The van der Waals surface area contributed by atoms with Crippen LogP contribution in [0.15, 0.2) is 11.1 Å². The SMILES string of the molecule is Cc1c(S(=O)(=O)N2CCCC(N)C2)cnn1C.Cl. The Balaban J connectivity index is 0.00000162. The molecule has 18 heavy (non-hydrogen) atoms. The highest BCUT2D eigenvalue weighted by atomic mass is 35.5. The maximum Gasteiger partial charge on any atom is 0.246 e. The molecule has 0 amide bonds. The minimum absolute atomic E-state index is 0. The summed E-state index contributed by atoms with van der Waals surface area (Å²) < 4.78 is 27.8. The van der Waals surface area contributed by atoms with Crippen molar-refractivity contribution in [2.75, 3.05) is 13.1 Å². The van der Waals surface area contributed by atoms with Crippen LogP contribution < -0.4 is 5.73 Å². The molecule has 2 heterocycles. The minimum atomic E-state index is -3.43. The number of piperidine rings is 1. The zero-order valence-corrected chi connectivity index (χ0v) is 12.2. The number of rotatable bonds is 2. The van der Waals surface area contributed by atoms with Gasteiger partial charge >= 0.3 is 0 Å². The smallest absolute Gasteiger partial charge is 0.246 e. The molecule has 1 aliphatic rings. The third-order valence-corrected chi connectivity index (χ3v) is 5.20. The molecule has 2 N–H and O–H groups in total. The molecular weight excluding hydrogens is 276 g/mol. The van der Waals surface area contributed by atoms with Gasteiger partial charge in [-0.25, -0.2) is 8.42 Å². The molecule has 0 aromatic carbocycles. The highest BCUT2D eigenvalue weighted by Crippen LogP contribution is 2.22. The van der Waals surface area contributed by atoms with E-state index in [-0.39, 0.29) is 23.3 Å². The lowest BCUT2D eigenvalue weighted by atomic mass is 10.1. The average molecular weight is 295 g/mol. The van der Waals surface area contributed by atoms with Gasteiger partial charge in [0.25, 0.3) is 0 Å². The summed E-state index contributed by atoms with van der Waals surface area (Å²) in [6.45, 7) is 2.70. The van der Waals surface area contributed by atoms with Crippen LogP contribution in [0, 0.1) is 6.92 Å². The summed E-state index contributed by atoms with van der Waals surface area (Å²) in [6.07, 6.45) is 3.11. The Hall–Kier alpha value is -0.630. The second-order valence-corrected chi connectivity index (χ2v) is 6.39. The monoisotopic (exact) mass is 294 g/mol. The highest BCUT2D eigenvalue weighted by molar-refractivity contribution is 7.89. The normalized spacial score (nSPS) is 21.6. The fourth-order valence-electron chi connectivity index (χ4n) is 2.06. The van der Waals surface area contributed by atoms with Gasteiger partial charge in [0, 0.05) is 26.2 Å². The van der Waals surface area contributed by atoms with Gasteiger partial charge in [0.1, 0.15) is 4.90 Å². The van der Waals surface area contributed by atoms with Crippen LogP contribution >= 0.6 is 12.4 Å². The van der Waals surface area contributed by atoms with Crippen molar-refractivity contribution in [1.82, 2.24) is 14.1 Å². The van der Waals surface area contributed by atoms with Crippen LogP contribution in [-0.2, 0) is 17.1 Å². The van der Waals surface area contributed by atoms with Crippen LogP contribution in [0.1, 0.15) is 18.5 Å². The van der Waals surface area contributed by atoms with E-state index in [9.17, 15) is 8.42 Å². The number of hydrogen-bond donors (Lipinski definition) is 1. The lowest BCUT2D eigenvalue weighted by Crippen LogP contribution is -2.45. The predicted molar refractivity (Wildman–Crippen MR) is 71.2 cm³/mol. The molecule has 0 saturated carbocycles. The molecule has 1 saturated heterocycles. The van der Waals surface area contributed by atoms with Gasteiger partial charge in [0.05, 0.1) is 11.9 Å². The number of sulfonamides is 1. The number of hydrogen-bond acceptors (Lipinski definition) is 4. The topological polar surface area (TPSA) is 81.2 Å². The van der Waals surface area contributed by atoms with E-state index in [0.717, 1.165) is 12.8 Å². The van der Waals surface area contributed by atoms with Crippen molar-refractivity contribution in [3.63, 3.8) is 0 Å². The Bertz CT molecular complexity index is 514. The first-order chi connectivity index (χ1) is 7.93. The maximum absolute atomic E-state index is 12.4. The first-order valence-corrected chi connectivity index (χ1v) is 7.11. The number of nitrogens with zero attached hydrogens (tertiary/aromatic N) is 3. The van der Waals surface area contributed by atoms with Crippen LogP contribution in [0.5, 0.6) is 0 Å². The van der Waals surface area contributed by atoms with E-state index in [1.807, 2.05) is 0 Å². The van der Waals surface area contributed by atoms with Gasteiger partial charge in [-0.2, -0.15) is 9.40 Å². The first-order valence-electron chi connectivity index (χ1n) is 5.67. The van der Waals surface area contributed by atoms with E-state index in [1.165, 1.54) is 10.5 Å². The van der Waals surface area contributed by atoms with Crippen molar-refractivity contribution in [1.29, 1.82) is 0 Å². The Morgan fingerprint density at radius 3 is 2.67 bits per heavy atom. The van der Waals surface area contributed by atoms with Crippen molar-refractivity contribution < 1.29 is 8.42 Å². The van der Waals surface area contributed by atoms with Gasteiger partial charge in [-0.15, -0.1) is 12.4 Å². The summed E-state index contributed by atoms with van der Waals surface area (Å²) in [6, 6.07) is -0.0597. The van der Waals surface area contributed by atoms with Gasteiger partial charge in [-0.05, 0) is 19.8 Å². The summed E-state index contributed by atoms with van der Waals surface area (Å²) >= 11 is 0. The van der Waals surface area contributed by atoms with E-state index in [1.54, 1.807) is 18.7 Å². The van der Waals surface area contributed by atoms with Crippen LogP contribution in [0.25, 0.3) is 0 Å². The standard InChI is InChI=1S/C10H18N4O2S.ClH/c1-8-10(6-12-13(8)2)17(15,16)14-5-3-4-9(11)7-14;/h6,9H,3-5,7,11H2,1-2H3;1H. The molecule has 104 valence electrons. The number of aromatic nitrogens is 2. The van der Waals surface area contributed by atoms with Gasteiger partial charge in [0.15, 0.2) is 0 Å². The second kappa shape index (κ2) is 5.56. The molecule has 1 unspecified atom stereocenters. The van der Waals surface area contributed by atoms with Crippen molar-refractivity contribution in [3.8, 4) is 0 Å². The zero-order valence-electron chi connectivity index (χ0n) is 10.5. The molecule has 1 atom stereocenters. The maximum atomic E-state index is 12.4. The molecule has 1 aliphatic heterocycles. The molecule has 1 fully saturated rings. The number of nitrogens with two attached hydrogens (primary N) is 1. The Morgan fingerprint density at radius 1 is 1.50 bits per heavy atom. The Morgan fingerprint density at radius 2 is 2.17 bits per heavy atom. The van der Waals surface area contributed by atoms with Crippen molar-refractivity contribution >= 4 is 22.4 Å². The molecule has 0 radical (unpaired) electrons. The highest BCUT2D eigenvalue weighted by Gasteiger charge is 2.31. The zero-order chi connectivity index (χ0) is 12.6. The summed E-state index contributed by atoms with van der Waals surface area (Å²) in [5, 5.41) is 3.98. The molecule has 0 aliphatic carbocycles. The van der Waals surface area contributed by atoms with Gasteiger partial charge in [-0.3, -0.25) is 4.68 Å². The molecule has 0 spiro atoms. The Labute approximate surface area is 114 Å². The largest absolute Gasteiger partial charge is 0.327 e. The molecule has 1 aromatic heterocycles. The van der Waals surface area contributed by atoms with Gasteiger partial charge in [-0.1, -0.05) is 0 Å². The van der Waals surface area contributed by atoms with Gasteiger partial charge < -0.3 is 5.73 Å². The quantitative estimate of drug-likeness (QED) is 0.848. The molecule has 6 nitrogen and oxygen atoms in total. The fourth-order valence-corrected chi connectivity index (χ4v) is 3.78. The first kappa shape index (κ1) is 15.4. The molecule has 2 rings (SSSR count). The Kier molecular flexibility index (Phi) is 4.77. The average Bonchev–Trinajstić information content (AvgIpc) is 2.60. The van der Waals surface area contributed by atoms with E-state index in [2.05, 4.69) is 5.10 Å². The van der Waals surface area contributed by atoms with Crippen molar-refractivity contribution in [2.45, 2.75) is 30.7 Å². The van der Waals surface area contributed by atoms with Crippen molar-refractivity contribution in [2.24, 2.45) is 12.8 Å². The molecule has 1 aromatic rings. The summed E-state index contributed by atoms with van der Waals surface area (Å²) in [5.74, 6) is 0. The van der Waals surface area contributed by atoms with Crippen molar-refractivity contribution in [3.05, 3.63) is 11.9 Å². The number of halogens is 1. The van der Waals surface area contributed by atoms with Crippen LogP contribution in [0.4, 0.5) is 0 Å². The van der Waals surface area contributed by atoms with E-state index >= 15 is 0 Å². The van der Waals surface area contributed by atoms with Crippen LogP contribution in [0.2, 0.25) is 0 Å². The molecule has 0 bridgehead atoms. The van der Waals surface area contributed by atoms with Crippen LogP contribution in [0.3, 0.4) is 0 Å². The lowest BCUT2D eigenvalue weighted by Gasteiger charge is -2.29. The third kappa shape index (κ3) is 2.69. The van der Waals surface area contributed by atoms with Gasteiger partial charge in [0.2, 0.25) is 10.0 Å². The predicted octanol–water partition coefficient (Wildman–Crippen LogP) is 0.262. The molecule has 8 heteroatoms. The second-order valence-electron chi connectivity index (χ2n) is 4.48. The third-order valence-electron chi connectivity index (χ3n) is 3.23. The minimum Gasteiger partial charge on any atom is -0.327 e. The van der Waals surface area contributed by atoms with Crippen LogP contribution in [-0.4, -0.2) is 41.6 Å². The fraction of sp³-hybridized carbons (Fsp3) is 0.700. The number of aryl methyl sites for hydroxylation is 1. The molecular formula is C10H19ClN4O2S. The van der Waals surface area contributed by atoms with E-state index in [4.69, 9.17) is 5.73 Å². The summed E-state index contributed by atoms with van der Waals surface area (Å²) in [5.41, 5.74) is 6.47. The summed E-state index contributed by atoms with van der Waals surface area (Å²) in [7, 11) is -1.70. The lowest BCUT2D eigenvalue weighted by molar-refractivity contribution is 0.316. The van der Waals surface area contributed by atoms with E-state index in [0.29, 0.717) is 18.8 Å². The van der Waals surface area contributed by atoms with E-state index < -0.39 is 10.0 Å².